The van der Waals surface area contributed by atoms with E-state index in [0.717, 1.165) is 13.1 Å². The summed E-state index contributed by atoms with van der Waals surface area (Å²) in [6, 6.07) is 6.69. The Morgan fingerprint density at radius 2 is 2.05 bits per heavy atom. The molecular formula is C13H18N4O3. The zero-order chi connectivity index (χ0) is 14.5. The first-order chi connectivity index (χ1) is 9.61. The topological polar surface area (TPSA) is 87.9 Å². The van der Waals surface area contributed by atoms with Crippen molar-refractivity contribution in [2.75, 3.05) is 33.3 Å². The highest BCUT2D eigenvalue weighted by molar-refractivity contribution is 5.93. The van der Waals surface area contributed by atoms with Gasteiger partial charge in [-0.2, -0.15) is 0 Å². The van der Waals surface area contributed by atoms with E-state index in [2.05, 4.69) is 5.43 Å². The largest absolute Gasteiger partial charge is 0.492 e. The van der Waals surface area contributed by atoms with Crippen LogP contribution in [-0.4, -0.2) is 55.0 Å². The van der Waals surface area contributed by atoms with Crippen LogP contribution in [0, 0.1) is 0 Å². The van der Waals surface area contributed by atoms with Gasteiger partial charge < -0.3 is 14.5 Å². The third kappa shape index (κ3) is 3.18. The fraction of sp³-hybridized carbons (Fsp3) is 0.385. The molecule has 1 aromatic carbocycles. The number of likely N-dealkylation sites (N-methyl/N-ethyl adjacent to an activating group) is 1. The molecule has 2 rings (SSSR count). The molecule has 3 N–H and O–H groups in total. The Bertz CT molecular complexity index is 489. The summed E-state index contributed by atoms with van der Waals surface area (Å²) in [6.07, 6.45) is 0. The molecule has 0 bridgehead atoms. The van der Waals surface area contributed by atoms with Gasteiger partial charge in [-0.15, -0.1) is 0 Å². The lowest BCUT2D eigenvalue weighted by molar-refractivity contribution is 0.0953. The molecule has 0 saturated carbocycles. The summed E-state index contributed by atoms with van der Waals surface area (Å²) in [5.41, 5.74) is 2.53. The lowest BCUT2D eigenvalue weighted by atomic mass is 10.2. The molecule has 3 amide bonds. The molecule has 1 heterocycles. The second-order valence-corrected chi connectivity index (χ2v) is 4.54. The van der Waals surface area contributed by atoms with Crippen molar-refractivity contribution in [1.82, 2.24) is 15.2 Å². The van der Waals surface area contributed by atoms with Crippen molar-refractivity contribution in [2.24, 2.45) is 5.84 Å². The monoisotopic (exact) mass is 278 g/mol. The number of nitrogens with zero attached hydrogens (tertiary/aromatic N) is 2. The van der Waals surface area contributed by atoms with Crippen LogP contribution in [0.2, 0.25) is 0 Å². The number of hydrogen-bond donors (Lipinski definition) is 2. The fourth-order valence-electron chi connectivity index (χ4n) is 1.97. The SMILES string of the molecule is CN1CCN(CCOc2ccc(C(=O)NN)cc2)C1=O. The van der Waals surface area contributed by atoms with E-state index in [0.29, 0.717) is 24.5 Å². The Morgan fingerprint density at radius 1 is 1.35 bits per heavy atom. The number of nitrogens with one attached hydrogen (secondary N) is 1. The molecule has 0 aromatic heterocycles. The van der Waals surface area contributed by atoms with Crippen molar-refractivity contribution in [1.29, 1.82) is 0 Å². The summed E-state index contributed by atoms with van der Waals surface area (Å²) >= 11 is 0. The molecule has 1 aliphatic heterocycles. The third-order valence-electron chi connectivity index (χ3n) is 3.18. The van der Waals surface area contributed by atoms with E-state index in [-0.39, 0.29) is 11.9 Å². The van der Waals surface area contributed by atoms with Crippen LogP contribution in [0.5, 0.6) is 5.75 Å². The number of ether oxygens (including phenoxy) is 1. The number of carbonyl (C=O) groups excluding carboxylic acids is 2. The molecule has 1 aliphatic rings. The number of benzene rings is 1. The first kappa shape index (κ1) is 14.1. The van der Waals surface area contributed by atoms with Gasteiger partial charge in [-0.1, -0.05) is 0 Å². The first-order valence-electron chi connectivity index (χ1n) is 6.35. The molecule has 1 aromatic rings. The first-order valence-corrected chi connectivity index (χ1v) is 6.35. The molecule has 7 nitrogen and oxygen atoms in total. The van der Waals surface area contributed by atoms with Gasteiger partial charge in [0.25, 0.3) is 5.91 Å². The van der Waals surface area contributed by atoms with E-state index < -0.39 is 0 Å². The predicted molar refractivity (Wildman–Crippen MR) is 73.2 cm³/mol. The highest BCUT2D eigenvalue weighted by atomic mass is 16.5. The molecule has 0 unspecified atom stereocenters. The van der Waals surface area contributed by atoms with Gasteiger partial charge in [-0.3, -0.25) is 10.2 Å². The average molecular weight is 278 g/mol. The second-order valence-electron chi connectivity index (χ2n) is 4.54. The van der Waals surface area contributed by atoms with Gasteiger partial charge >= 0.3 is 6.03 Å². The molecule has 0 spiro atoms. The van der Waals surface area contributed by atoms with Gasteiger partial charge in [0.15, 0.2) is 0 Å². The Kier molecular flexibility index (Phi) is 4.41. The summed E-state index contributed by atoms with van der Waals surface area (Å²) in [5, 5.41) is 0. The van der Waals surface area contributed by atoms with Crippen LogP contribution in [0.15, 0.2) is 24.3 Å². The van der Waals surface area contributed by atoms with E-state index in [1.165, 1.54) is 0 Å². The Balaban J connectivity index is 1.80. The van der Waals surface area contributed by atoms with Crippen molar-refractivity contribution in [3.05, 3.63) is 29.8 Å². The molecular weight excluding hydrogens is 260 g/mol. The number of hydrazine groups is 1. The van der Waals surface area contributed by atoms with Crippen LogP contribution in [-0.2, 0) is 0 Å². The summed E-state index contributed by atoms with van der Waals surface area (Å²) in [4.78, 5) is 26.3. The maximum absolute atomic E-state index is 11.6. The van der Waals surface area contributed by atoms with Gasteiger partial charge in [0.05, 0.1) is 6.54 Å². The highest BCUT2D eigenvalue weighted by Crippen LogP contribution is 2.12. The standard InChI is InChI=1S/C13H18N4O3/c1-16-6-7-17(13(16)19)8-9-20-11-4-2-10(3-5-11)12(18)15-14/h2-5H,6-9,14H2,1H3,(H,15,18). The minimum atomic E-state index is -0.345. The van der Waals surface area contributed by atoms with Crippen LogP contribution >= 0.6 is 0 Å². The summed E-state index contributed by atoms with van der Waals surface area (Å²) in [5.74, 6) is 5.35. The van der Waals surface area contributed by atoms with Crippen molar-refractivity contribution >= 4 is 11.9 Å². The summed E-state index contributed by atoms with van der Waals surface area (Å²) < 4.78 is 5.54. The molecule has 0 radical (unpaired) electrons. The van der Waals surface area contributed by atoms with E-state index in [4.69, 9.17) is 10.6 Å². The minimum absolute atomic E-state index is 0.0311. The number of urea groups is 1. The average Bonchev–Trinajstić information content (AvgIpc) is 2.79. The normalized spacial score (nSPS) is 14.6. The molecule has 0 atom stereocenters. The number of carbonyl (C=O) groups is 2. The van der Waals surface area contributed by atoms with Gasteiger partial charge in [-0.05, 0) is 24.3 Å². The summed E-state index contributed by atoms with van der Waals surface area (Å²) in [7, 11) is 1.78. The zero-order valence-electron chi connectivity index (χ0n) is 11.3. The number of hydrogen-bond acceptors (Lipinski definition) is 4. The van der Waals surface area contributed by atoms with Gasteiger partial charge in [0.2, 0.25) is 0 Å². The molecule has 1 fully saturated rings. The predicted octanol–water partition coefficient (Wildman–Crippen LogP) is 0.0363. The van der Waals surface area contributed by atoms with Crippen molar-refractivity contribution in [3.63, 3.8) is 0 Å². The van der Waals surface area contributed by atoms with Crippen molar-refractivity contribution in [2.45, 2.75) is 0 Å². The van der Waals surface area contributed by atoms with Crippen molar-refractivity contribution < 1.29 is 14.3 Å². The maximum Gasteiger partial charge on any atom is 0.319 e. The van der Waals surface area contributed by atoms with Crippen LogP contribution in [0.4, 0.5) is 4.79 Å². The van der Waals surface area contributed by atoms with Crippen LogP contribution in [0.3, 0.4) is 0 Å². The van der Waals surface area contributed by atoms with E-state index >= 15 is 0 Å². The lowest BCUT2D eigenvalue weighted by Gasteiger charge is -2.16. The van der Waals surface area contributed by atoms with E-state index in [9.17, 15) is 9.59 Å². The zero-order valence-corrected chi connectivity index (χ0v) is 11.3. The number of amides is 3. The highest BCUT2D eigenvalue weighted by Gasteiger charge is 2.24. The van der Waals surface area contributed by atoms with Crippen molar-refractivity contribution in [3.8, 4) is 5.75 Å². The van der Waals surface area contributed by atoms with Crippen LogP contribution in [0.1, 0.15) is 10.4 Å². The lowest BCUT2D eigenvalue weighted by Crippen LogP contribution is -2.32. The molecule has 108 valence electrons. The third-order valence-corrected chi connectivity index (χ3v) is 3.18. The molecule has 1 saturated heterocycles. The fourth-order valence-corrected chi connectivity index (χ4v) is 1.97. The quantitative estimate of drug-likeness (QED) is 0.452. The van der Waals surface area contributed by atoms with E-state index in [1.807, 2.05) is 0 Å². The summed E-state index contributed by atoms with van der Waals surface area (Å²) in [6.45, 7) is 2.45. The van der Waals surface area contributed by atoms with Gasteiger partial charge in [0, 0.05) is 25.7 Å². The Labute approximate surface area is 117 Å². The number of rotatable bonds is 5. The van der Waals surface area contributed by atoms with E-state index in [1.54, 1.807) is 41.1 Å². The van der Waals surface area contributed by atoms with Gasteiger partial charge in [-0.25, -0.2) is 10.6 Å². The smallest absolute Gasteiger partial charge is 0.319 e. The number of nitrogen functional groups attached to an aromatic ring is 1. The number of nitrogens with two attached hydrogens (primary N) is 1. The Morgan fingerprint density at radius 3 is 2.60 bits per heavy atom. The molecule has 7 heteroatoms. The second kappa shape index (κ2) is 6.25. The van der Waals surface area contributed by atoms with Crippen LogP contribution < -0.4 is 16.0 Å². The Hall–Kier alpha value is -2.28. The van der Waals surface area contributed by atoms with Gasteiger partial charge in [0.1, 0.15) is 12.4 Å². The molecule has 20 heavy (non-hydrogen) atoms. The van der Waals surface area contributed by atoms with Crippen LogP contribution in [0.25, 0.3) is 0 Å². The minimum Gasteiger partial charge on any atom is -0.492 e. The maximum atomic E-state index is 11.6. The molecule has 0 aliphatic carbocycles.